The largest absolute Gasteiger partial charge is 0.466 e. The number of nitrogens with zero attached hydrogens (tertiary/aromatic N) is 2. The zero-order valence-corrected chi connectivity index (χ0v) is 11.5. The summed E-state index contributed by atoms with van der Waals surface area (Å²) in [6, 6.07) is 0. The van der Waals surface area contributed by atoms with Gasteiger partial charge in [0.15, 0.2) is 10.8 Å². The zero-order valence-electron chi connectivity index (χ0n) is 10.7. The average Bonchev–Trinajstić information content (AvgIpc) is 2.74. The number of nitrogen functional groups attached to an aromatic ring is 1. The van der Waals surface area contributed by atoms with E-state index in [1.165, 1.54) is 26.3 Å². The Bertz CT molecular complexity index is 523. The Kier molecular flexibility index (Phi) is 4.43. The van der Waals surface area contributed by atoms with Crippen molar-refractivity contribution in [1.29, 1.82) is 0 Å². The minimum absolute atomic E-state index is 0.190. The van der Waals surface area contributed by atoms with E-state index in [0.29, 0.717) is 0 Å². The molecule has 104 valence electrons. The summed E-state index contributed by atoms with van der Waals surface area (Å²) in [6.45, 7) is 2.88. The van der Waals surface area contributed by atoms with Gasteiger partial charge in [0.25, 0.3) is 5.91 Å². The number of aromatic nitrogens is 1. The fraction of sp³-hybridized carbons (Fsp3) is 0.400. The van der Waals surface area contributed by atoms with E-state index in [1.54, 1.807) is 0 Å². The van der Waals surface area contributed by atoms with Crippen molar-refractivity contribution in [3.63, 3.8) is 0 Å². The molecule has 0 saturated heterocycles. The summed E-state index contributed by atoms with van der Waals surface area (Å²) in [7, 11) is 1.22. The molecule has 0 spiro atoms. The molecule has 8 nitrogen and oxygen atoms in total. The van der Waals surface area contributed by atoms with Crippen LogP contribution >= 0.6 is 11.3 Å². The van der Waals surface area contributed by atoms with E-state index < -0.39 is 17.5 Å². The van der Waals surface area contributed by atoms with Crippen LogP contribution in [0.1, 0.15) is 19.5 Å². The van der Waals surface area contributed by atoms with Crippen LogP contribution in [0.15, 0.2) is 10.5 Å². The molecule has 0 unspecified atom stereocenters. The van der Waals surface area contributed by atoms with E-state index in [0.717, 1.165) is 11.3 Å². The monoisotopic (exact) mass is 286 g/mol. The Balaban J connectivity index is 2.98. The van der Waals surface area contributed by atoms with Gasteiger partial charge in [0.05, 0.1) is 7.11 Å². The van der Waals surface area contributed by atoms with Crippen LogP contribution in [0.4, 0.5) is 5.13 Å². The SMILES string of the molecule is COC(=O)C(C)(C)O/N=C(\C(N)=O)c1csc(N)n1. The highest BCUT2D eigenvalue weighted by molar-refractivity contribution is 7.13. The van der Waals surface area contributed by atoms with Crippen LogP contribution in [0.2, 0.25) is 0 Å². The maximum atomic E-state index is 11.4. The topological polar surface area (TPSA) is 130 Å². The lowest BCUT2D eigenvalue weighted by atomic mass is 10.1. The predicted octanol–water partition coefficient (Wildman–Crippen LogP) is -0.117. The molecule has 0 aliphatic carbocycles. The van der Waals surface area contributed by atoms with E-state index >= 15 is 0 Å². The molecule has 1 rings (SSSR count). The molecule has 0 atom stereocenters. The molecule has 1 aromatic heterocycles. The van der Waals surface area contributed by atoms with Crippen LogP contribution in [0, 0.1) is 0 Å². The number of carbonyl (C=O) groups excluding carboxylic acids is 2. The third kappa shape index (κ3) is 3.65. The number of methoxy groups -OCH3 is 1. The van der Waals surface area contributed by atoms with Crippen molar-refractivity contribution < 1.29 is 19.2 Å². The molecule has 4 N–H and O–H groups in total. The smallest absolute Gasteiger partial charge is 0.352 e. The highest BCUT2D eigenvalue weighted by Crippen LogP contribution is 2.15. The van der Waals surface area contributed by atoms with Crippen LogP contribution in [-0.4, -0.2) is 35.3 Å². The molecule has 0 saturated carbocycles. The minimum Gasteiger partial charge on any atom is -0.466 e. The van der Waals surface area contributed by atoms with E-state index in [1.807, 2.05) is 0 Å². The molecular formula is C10H14N4O4S. The lowest BCUT2D eigenvalue weighted by molar-refractivity contribution is -0.165. The second kappa shape index (κ2) is 5.65. The molecule has 9 heteroatoms. The molecule has 0 aromatic carbocycles. The number of thiazole rings is 1. The summed E-state index contributed by atoms with van der Waals surface area (Å²) in [4.78, 5) is 31.5. The van der Waals surface area contributed by atoms with Crippen molar-refractivity contribution >= 4 is 34.1 Å². The van der Waals surface area contributed by atoms with Gasteiger partial charge in [-0.2, -0.15) is 0 Å². The van der Waals surface area contributed by atoms with Gasteiger partial charge in [-0.15, -0.1) is 11.3 Å². The Labute approximate surface area is 113 Å². The van der Waals surface area contributed by atoms with Gasteiger partial charge < -0.3 is 21.0 Å². The van der Waals surface area contributed by atoms with Gasteiger partial charge in [-0.05, 0) is 13.8 Å². The maximum absolute atomic E-state index is 11.4. The van der Waals surface area contributed by atoms with Gasteiger partial charge in [-0.1, -0.05) is 5.16 Å². The average molecular weight is 286 g/mol. The van der Waals surface area contributed by atoms with Gasteiger partial charge in [0.2, 0.25) is 5.60 Å². The van der Waals surface area contributed by atoms with Crippen molar-refractivity contribution in [2.45, 2.75) is 19.4 Å². The van der Waals surface area contributed by atoms with E-state index in [9.17, 15) is 9.59 Å². The fourth-order valence-electron chi connectivity index (χ4n) is 1.06. The van der Waals surface area contributed by atoms with Crippen molar-refractivity contribution in [3.8, 4) is 0 Å². The van der Waals surface area contributed by atoms with E-state index in [4.69, 9.17) is 16.3 Å². The first-order valence-corrected chi connectivity index (χ1v) is 6.01. The number of anilines is 1. The number of oxime groups is 1. The number of carbonyl (C=O) groups is 2. The van der Waals surface area contributed by atoms with Crippen molar-refractivity contribution in [2.75, 3.05) is 12.8 Å². The second-order valence-corrected chi connectivity index (χ2v) is 4.86. The molecule has 1 aromatic rings. The van der Waals surface area contributed by atoms with E-state index in [2.05, 4.69) is 14.9 Å². The zero-order chi connectivity index (χ0) is 14.6. The van der Waals surface area contributed by atoms with Crippen LogP contribution in [0.5, 0.6) is 0 Å². The molecule has 0 radical (unpaired) electrons. The Hall–Kier alpha value is -2.16. The van der Waals surface area contributed by atoms with Crippen LogP contribution < -0.4 is 11.5 Å². The van der Waals surface area contributed by atoms with Crippen LogP contribution in [0.25, 0.3) is 0 Å². The van der Waals surface area contributed by atoms with Gasteiger partial charge in [-0.25, -0.2) is 9.78 Å². The molecular weight excluding hydrogens is 272 g/mol. The van der Waals surface area contributed by atoms with Crippen molar-refractivity contribution in [3.05, 3.63) is 11.1 Å². The number of amides is 1. The first-order chi connectivity index (χ1) is 8.77. The predicted molar refractivity (Wildman–Crippen MR) is 69.4 cm³/mol. The third-order valence-corrected chi connectivity index (χ3v) is 2.71. The van der Waals surface area contributed by atoms with Crippen molar-refractivity contribution in [2.24, 2.45) is 10.9 Å². The number of nitrogens with two attached hydrogens (primary N) is 2. The van der Waals surface area contributed by atoms with Gasteiger partial charge >= 0.3 is 5.97 Å². The Morgan fingerprint density at radius 2 is 2.11 bits per heavy atom. The molecule has 0 bridgehead atoms. The number of esters is 1. The summed E-state index contributed by atoms with van der Waals surface area (Å²) in [5.74, 6) is -1.48. The summed E-state index contributed by atoms with van der Waals surface area (Å²) in [6.07, 6.45) is 0. The van der Waals surface area contributed by atoms with Crippen LogP contribution in [-0.2, 0) is 19.2 Å². The molecule has 1 heterocycles. The summed E-state index contributed by atoms with van der Waals surface area (Å²) in [5, 5.41) is 5.35. The molecule has 19 heavy (non-hydrogen) atoms. The second-order valence-electron chi connectivity index (χ2n) is 3.97. The first kappa shape index (κ1) is 14.9. The molecule has 0 aliphatic heterocycles. The standard InChI is InChI=1S/C10H14N4O4S/c1-10(2,8(16)17-3)18-14-6(7(11)15)5-4-19-9(12)13-5/h4H,1-3H3,(H2,11,15)(H2,12,13)/b14-6-. The molecule has 0 fully saturated rings. The lowest BCUT2D eigenvalue weighted by Gasteiger charge is -2.18. The number of hydrogen-bond acceptors (Lipinski definition) is 8. The Morgan fingerprint density at radius 1 is 1.47 bits per heavy atom. The normalized spacial score (nSPS) is 12.1. The van der Waals surface area contributed by atoms with Gasteiger partial charge in [0, 0.05) is 5.38 Å². The van der Waals surface area contributed by atoms with Crippen molar-refractivity contribution in [1.82, 2.24) is 4.98 Å². The highest BCUT2D eigenvalue weighted by Gasteiger charge is 2.32. The third-order valence-electron chi connectivity index (χ3n) is 2.04. The quantitative estimate of drug-likeness (QED) is 0.441. The maximum Gasteiger partial charge on any atom is 0.352 e. The lowest BCUT2D eigenvalue weighted by Crippen LogP contribution is -2.35. The number of rotatable bonds is 5. The summed E-state index contributed by atoms with van der Waals surface area (Å²) < 4.78 is 4.53. The van der Waals surface area contributed by atoms with Gasteiger partial charge in [0.1, 0.15) is 5.69 Å². The highest BCUT2D eigenvalue weighted by atomic mass is 32.1. The fourth-order valence-corrected chi connectivity index (χ4v) is 1.60. The first-order valence-electron chi connectivity index (χ1n) is 5.13. The molecule has 0 aliphatic rings. The Morgan fingerprint density at radius 3 is 2.53 bits per heavy atom. The van der Waals surface area contributed by atoms with Crippen LogP contribution in [0.3, 0.4) is 0 Å². The number of ether oxygens (including phenoxy) is 1. The summed E-state index contributed by atoms with van der Waals surface area (Å²) >= 11 is 1.13. The van der Waals surface area contributed by atoms with Gasteiger partial charge in [-0.3, -0.25) is 4.79 Å². The summed E-state index contributed by atoms with van der Waals surface area (Å²) in [5.41, 5.74) is 9.25. The van der Waals surface area contributed by atoms with E-state index in [-0.39, 0.29) is 16.5 Å². The number of primary amides is 1. The minimum atomic E-state index is -1.35. The number of hydrogen-bond donors (Lipinski definition) is 2. The molecule has 1 amide bonds.